The van der Waals surface area contributed by atoms with Gasteiger partial charge >= 0.3 is 0 Å². The molecule has 0 atom stereocenters. The van der Waals surface area contributed by atoms with E-state index in [1.165, 1.54) is 11.3 Å². The predicted molar refractivity (Wildman–Crippen MR) is 106 cm³/mol. The van der Waals surface area contributed by atoms with Crippen LogP contribution in [0, 0.1) is 6.92 Å². The number of furan rings is 1. The highest BCUT2D eigenvalue weighted by Crippen LogP contribution is 2.26. The summed E-state index contributed by atoms with van der Waals surface area (Å²) in [5.74, 6) is 2.73. The average Bonchev–Trinajstić information content (AvgIpc) is 3.36. The number of carbonyl (C=O) groups excluding carboxylic acids is 1. The van der Waals surface area contributed by atoms with Gasteiger partial charge in [-0.05, 0) is 45.0 Å². The monoisotopic (exact) mass is 408 g/mol. The van der Waals surface area contributed by atoms with Crippen LogP contribution in [0.15, 0.2) is 21.9 Å². The highest BCUT2D eigenvalue weighted by atomic mass is 35.5. The standard InChI is InChI=1S/C17H20N6O2S.ClH/c1-10-3-4-13(25-10)16-19-12(9-26-16)15(24)21-17-20-14(22-23(17)2)11-5-7-18-8-6-11;/h3-4,9,11,18H,5-8H2,1-2H3,(H,20,21,22,24);1H. The summed E-state index contributed by atoms with van der Waals surface area (Å²) in [7, 11) is 1.78. The van der Waals surface area contributed by atoms with Crippen molar-refractivity contribution in [3.05, 3.63) is 34.8 Å². The van der Waals surface area contributed by atoms with Crippen LogP contribution in [0.25, 0.3) is 10.8 Å². The molecule has 144 valence electrons. The molecule has 1 aliphatic heterocycles. The van der Waals surface area contributed by atoms with E-state index in [0.29, 0.717) is 28.3 Å². The van der Waals surface area contributed by atoms with Crippen LogP contribution >= 0.6 is 23.7 Å². The Kier molecular flexibility index (Phi) is 5.93. The maximum absolute atomic E-state index is 12.5. The second-order valence-electron chi connectivity index (χ2n) is 6.34. The quantitative estimate of drug-likeness (QED) is 0.688. The van der Waals surface area contributed by atoms with E-state index in [4.69, 9.17) is 4.42 Å². The molecule has 4 rings (SSSR count). The van der Waals surface area contributed by atoms with E-state index in [1.54, 1.807) is 17.1 Å². The third-order valence-corrected chi connectivity index (χ3v) is 5.25. The molecule has 1 aliphatic rings. The van der Waals surface area contributed by atoms with Crippen molar-refractivity contribution in [3.63, 3.8) is 0 Å². The van der Waals surface area contributed by atoms with Gasteiger partial charge in [0.25, 0.3) is 5.91 Å². The number of nitrogens with zero attached hydrogens (tertiary/aromatic N) is 4. The van der Waals surface area contributed by atoms with Crippen molar-refractivity contribution in [1.29, 1.82) is 0 Å². The summed E-state index contributed by atoms with van der Waals surface area (Å²) < 4.78 is 7.16. The first-order chi connectivity index (χ1) is 12.6. The van der Waals surface area contributed by atoms with Gasteiger partial charge in [0.05, 0.1) is 0 Å². The van der Waals surface area contributed by atoms with E-state index >= 15 is 0 Å². The van der Waals surface area contributed by atoms with Gasteiger partial charge in [-0.3, -0.25) is 10.1 Å². The van der Waals surface area contributed by atoms with Crippen molar-refractivity contribution in [3.8, 4) is 10.8 Å². The number of amides is 1. The Balaban J connectivity index is 0.00000210. The zero-order valence-electron chi connectivity index (χ0n) is 15.1. The number of carbonyl (C=O) groups is 1. The molecule has 1 fully saturated rings. The van der Waals surface area contributed by atoms with Crippen molar-refractivity contribution in [2.45, 2.75) is 25.7 Å². The number of rotatable bonds is 4. The Morgan fingerprint density at radius 3 is 2.81 bits per heavy atom. The highest BCUT2D eigenvalue weighted by molar-refractivity contribution is 7.13. The van der Waals surface area contributed by atoms with E-state index < -0.39 is 0 Å². The highest BCUT2D eigenvalue weighted by Gasteiger charge is 2.22. The van der Waals surface area contributed by atoms with Gasteiger partial charge in [-0.1, -0.05) is 0 Å². The Morgan fingerprint density at radius 2 is 2.11 bits per heavy atom. The van der Waals surface area contributed by atoms with Gasteiger partial charge in [0.2, 0.25) is 5.95 Å². The molecule has 3 aromatic heterocycles. The molecule has 0 unspecified atom stereocenters. The molecule has 10 heteroatoms. The molecule has 1 saturated heterocycles. The number of hydrogen-bond acceptors (Lipinski definition) is 7. The first-order valence-electron chi connectivity index (χ1n) is 8.55. The fourth-order valence-corrected chi connectivity index (χ4v) is 3.73. The minimum Gasteiger partial charge on any atom is -0.459 e. The molecule has 1 amide bonds. The summed E-state index contributed by atoms with van der Waals surface area (Å²) in [6.45, 7) is 3.82. The van der Waals surface area contributed by atoms with Crippen LogP contribution in [-0.2, 0) is 7.05 Å². The maximum Gasteiger partial charge on any atom is 0.277 e. The van der Waals surface area contributed by atoms with Crippen LogP contribution in [0.1, 0.15) is 40.8 Å². The largest absolute Gasteiger partial charge is 0.459 e. The van der Waals surface area contributed by atoms with Gasteiger partial charge in [-0.25, -0.2) is 9.67 Å². The fourth-order valence-electron chi connectivity index (χ4n) is 2.97. The first-order valence-corrected chi connectivity index (χ1v) is 9.43. The lowest BCUT2D eigenvalue weighted by Gasteiger charge is -2.19. The Hall–Kier alpha value is -2.23. The van der Waals surface area contributed by atoms with Crippen molar-refractivity contribution in [2.75, 3.05) is 18.4 Å². The van der Waals surface area contributed by atoms with Crippen molar-refractivity contribution < 1.29 is 9.21 Å². The Labute approximate surface area is 166 Å². The number of halogens is 1. The Bertz CT molecular complexity index is 928. The molecule has 0 spiro atoms. The minimum atomic E-state index is -0.303. The zero-order valence-corrected chi connectivity index (χ0v) is 16.7. The maximum atomic E-state index is 12.5. The van der Waals surface area contributed by atoms with Gasteiger partial charge < -0.3 is 9.73 Å². The summed E-state index contributed by atoms with van der Waals surface area (Å²) in [5, 5.41) is 13.0. The Morgan fingerprint density at radius 1 is 1.33 bits per heavy atom. The molecule has 4 heterocycles. The van der Waals surface area contributed by atoms with Gasteiger partial charge in [-0.2, -0.15) is 10.1 Å². The van der Waals surface area contributed by atoms with Crippen molar-refractivity contribution >= 4 is 35.6 Å². The number of piperidine rings is 1. The number of thiazole rings is 1. The number of aryl methyl sites for hydroxylation is 2. The van der Waals surface area contributed by atoms with Gasteiger partial charge in [0.1, 0.15) is 11.5 Å². The molecule has 0 radical (unpaired) electrons. The lowest BCUT2D eigenvalue weighted by Crippen LogP contribution is -2.27. The molecule has 27 heavy (non-hydrogen) atoms. The van der Waals surface area contributed by atoms with Crippen LogP contribution in [0.2, 0.25) is 0 Å². The fraction of sp³-hybridized carbons (Fsp3) is 0.412. The number of hydrogen-bond donors (Lipinski definition) is 2. The summed E-state index contributed by atoms with van der Waals surface area (Å²) in [4.78, 5) is 21.4. The number of anilines is 1. The molecule has 0 bridgehead atoms. The zero-order chi connectivity index (χ0) is 18.1. The second-order valence-corrected chi connectivity index (χ2v) is 7.20. The molecule has 2 N–H and O–H groups in total. The van der Waals surface area contributed by atoms with Crippen molar-refractivity contribution in [2.24, 2.45) is 7.05 Å². The van der Waals surface area contributed by atoms with E-state index in [-0.39, 0.29) is 18.3 Å². The predicted octanol–water partition coefficient (Wildman–Crippen LogP) is 2.98. The molecule has 3 aromatic rings. The van der Waals surface area contributed by atoms with Crippen LogP contribution in [-0.4, -0.2) is 38.7 Å². The number of nitrogens with one attached hydrogen (secondary N) is 2. The summed E-state index contributed by atoms with van der Waals surface area (Å²) >= 11 is 1.37. The van der Waals surface area contributed by atoms with E-state index in [1.807, 2.05) is 19.1 Å². The molecule has 0 saturated carbocycles. The average molecular weight is 409 g/mol. The van der Waals surface area contributed by atoms with E-state index in [9.17, 15) is 4.79 Å². The third kappa shape index (κ3) is 4.20. The first kappa shape index (κ1) is 19.5. The van der Waals surface area contributed by atoms with Crippen LogP contribution in [0.5, 0.6) is 0 Å². The van der Waals surface area contributed by atoms with E-state index in [0.717, 1.165) is 37.5 Å². The van der Waals surface area contributed by atoms with Crippen molar-refractivity contribution in [1.82, 2.24) is 25.1 Å². The number of aromatic nitrogens is 4. The summed E-state index contributed by atoms with van der Waals surface area (Å²) in [5.41, 5.74) is 0.338. The molecule has 0 aromatic carbocycles. The van der Waals surface area contributed by atoms with Gasteiger partial charge in [0.15, 0.2) is 16.6 Å². The molecule has 0 aliphatic carbocycles. The molecular formula is C17H21ClN6O2S. The summed E-state index contributed by atoms with van der Waals surface area (Å²) in [6, 6.07) is 3.72. The topological polar surface area (TPSA) is 97.9 Å². The smallest absolute Gasteiger partial charge is 0.277 e. The third-order valence-electron chi connectivity index (χ3n) is 4.40. The normalized spacial score (nSPS) is 14.7. The van der Waals surface area contributed by atoms with Crippen LogP contribution < -0.4 is 10.6 Å². The minimum absolute atomic E-state index is 0. The lowest BCUT2D eigenvalue weighted by atomic mass is 9.98. The van der Waals surface area contributed by atoms with Crippen LogP contribution in [0.4, 0.5) is 5.95 Å². The van der Waals surface area contributed by atoms with Gasteiger partial charge in [0, 0.05) is 18.3 Å². The lowest BCUT2D eigenvalue weighted by molar-refractivity contribution is 0.102. The second kappa shape index (κ2) is 8.20. The molecule has 8 nitrogen and oxygen atoms in total. The SMILES string of the molecule is Cc1ccc(-c2nc(C(=O)Nc3nc(C4CCNCC4)nn3C)cs2)o1.Cl. The van der Waals surface area contributed by atoms with E-state index in [2.05, 4.69) is 25.7 Å². The van der Waals surface area contributed by atoms with Crippen LogP contribution in [0.3, 0.4) is 0 Å². The van der Waals surface area contributed by atoms with Gasteiger partial charge in [-0.15, -0.1) is 23.7 Å². The molecular weight excluding hydrogens is 388 g/mol. The summed E-state index contributed by atoms with van der Waals surface area (Å²) in [6.07, 6.45) is 2.02.